The van der Waals surface area contributed by atoms with E-state index in [1.165, 1.54) is 16.0 Å². The van der Waals surface area contributed by atoms with Crippen LogP contribution in [0.5, 0.6) is 0 Å². The Hall–Kier alpha value is -1.63. The van der Waals surface area contributed by atoms with Gasteiger partial charge in [0.05, 0.1) is 18.6 Å². The second kappa shape index (κ2) is 6.47. The predicted octanol–water partition coefficient (Wildman–Crippen LogP) is 3.68. The molecule has 1 aromatic carbocycles. The maximum absolute atomic E-state index is 6.21. The van der Waals surface area contributed by atoms with Gasteiger partial charge in [0.1, 0.15) is 10.6 Å². The summed E-state index contributed by atoms with van der Waals surface area (Å²) in [6.07, 6.45) is 1.91. The van der Waals surface area contributed by atoms with E-state index in [-0.39, 0.29) is 0 Å². The molecule has 0 bridgehead atoms. The number of aryl methyl sites for hydroxylation is 1. The van der Waals surface area contributed by atoms with Crippen molar-refractivity contribution in [2.45, 2.75) is 24.6 Å². The Bertz CT molecular complexity index is 833. The smallest absolute Gasteiger partial charge is 0.190 e. The lowest BCUT2D eigenvalue weighted by atomic mass is 10.1. The molecule has 2 N–H and O–H groups in total. The second-order valence-electron chi connectivity index (χ2n) is 5.46. The number of thioether (sulfide) groups is 1. The van der Waals surface area contributed by atoms with E-state index in [1.54, 1.807) is 23.1 Å². The summed E-state index contributed by atoms with van der Waals surface area (Å²) in [7, 11) is 0. The Labute approximate surface area is 143 Å². The Kier molecular flexibility index (Phi) is 4.20. The summed E-state index contributed by atoms with van der Waals surface area (Å²) >= 11 is 3.35. The fraction of sp³-hybridized carbons (Fsp3) is 0.294. The third-order valence-corrected chi connectivity index (χ3v) is 5.88. The van der Waals surface area contributed by atoms with Gasteiger partial charge in [-0.25, -0.2) is 9.97 Å². The summed E-state index contributed by atoms with van der Waals surface area (Å²) in [5.74, 6) is 1.56. The largest absolute Gasteiger partial charge is 0.383 e. The van der Waals surface area contributed by atoms with Crippen molar-refractivity contribution in [1.29, 1.82) is 0 Å². The Morgan fingerprint density at radius 2 is 2.09 bits per heavy atom. The van der Waals surface area contributed by atoms with Crippen LogP contribution in [0.3, 0.4) is 0 Å². The monoisotopic (exact) mass is 343 g/mol. The average molecular weight is 343 g/mol. The topological polar surface area (TPSA) is 61.0 Å². The van der Waals surface area contributed by atoms with Crippen molar-refractivity contribution in [3.63, 3.8) is 0 Å². The summed E-state index contributed by atoms with van der Waals surface area (Å²) in [6, 6.07) is 10.5. The molecule has 0 aliphatic carbocycles. The SMILES string of the molecule is Nc1nc(SCCc2ccccc2)nc2sc3c(c12)CCOC3. The highest BCUT2D eigenvalue weighted by Crippen LogP contribution is 2.37. The zero-order valence-corrected chi connectivity index (χ0v) is 14.3. The third-order valence-electron chi connectivity index (χ3n) is 3.94. The lowest BCUT2D eigenvalue weighted by Crippen LogP contribution is -2.07. The molecule has 1 aliphatic heterocycles. The van der Waals surface area contributed by atoms with Gasteiger partial charge in [-0.15, -0.1) is 11.3 Å². The molecule has 23 heavy (non-hydrogen) atoms. The standard InChI is InChI=1S/C17H17N3OS2/c18-15-14-12-6-8-21-10-13(12)23-16(14)20-17(19-15)22-9-7-11-4-2-1-3-5-11/h1-5H,6-10H2,(H2,18,19,20). The van der Waals surface area contributed by atoms with E-state index >= 15 is 0 Å². The minimum absolute atomic E-state index is 0.608. The number of benzene rings is 1. The Balaban J connectivity index is 1.54. The number of ether oxygens (including phenoxy) is 1. The summed E-state index contributed by atoms with van der Waals surface area (Å²) in [5.41, 5.74) is 8.83. The van der Waals surface area contributed by atoms with Crippen LogP contribution in [-0.2, 0) is 24.2 Å². The van der Waals surface area contributed by atoms with Gasteiger partial charge in [0, 0.05) is 10.6 Å². The lowest BCUT2D eigenvalue weighted by Gasteiger charge is -2.11. The van der Waals surface area contributed by atoms with Gasteiger partial charge < -0.3 is 10.5 Å². The van der Waals surface area contributed by atoms with Gasteiger partial charge in [-0.05, 0) is 24.0 Å². The van der Waals surface area contributed by atoms with Gasteiger partial charge in [-0.2, -0.15) is 0 Å². The third kappa shape index (κ3) is 3.06. The number of nitrogen functional groups attached to an aromatic ring is 1. The quantitative estimate of drug-likeness (QED) is 0.578. The highest BCUT2D eigenvalue weighted by Gasteiger charge is 2.20. The molecule has 3 aromatic rings. The van der Waals surface area contributed by atoms with Crippen molar-refractivity contribution in [2.75, 3.05) is 18.1 Å². The van der Waals surface area contributed by atoms with Crippen molar-refractivity contribution in [2.24, 2.45) is 0 Å². The Morgan fingerprint density at radius 3 is 2.96 bits per heavy atom. The molecule has 4 nitrogen and oxygen atoms in total. The van der Waals surface area contributed by atoms with E-state index in [1.807, 2.05) is 6.07 Å². The van der Waals surface area contributed by atoms with E-state index in [9.17, 15) is 0 Å². The van der Waals surface area contributed by atoms with Crippen LogP contribution < -0.4 is 5.73 Å². The van der Waals surface area contributed by atoms with Crippen LogP contribution in [0.1, 0.15) is 16.0 Å². The van der Waals surface area contributed by atoms with E-state index in [2.05, 4.69) is 29.2 Å². The molecule has 0 fully saturated rings. The summed E-state index contributed by atoms with van der Waals surface area (Å²) < 4.78 is 5.53. The van der Waals surface area contributed by atoms with Crippen LogP contribution in [0.4, 0.5) is 5.82 Å². The molecule has 0 saturated heterocycles. The number of fused-ring (bicyclic) bond motifs is 3. The predicted molar refractivity (Wildman–Crippen MR) is 96.1 cm³/mol. The first-order valence-corrected chi connectivity index (χ1v) is 9.43. The molecule has 0 radical (unpaired) electrons. The van der Waals surface area contributed by atoms with Crippen molar-refractivity contribution < 1.29 is 4.74 Å². The first-order valence-electron chi connectivity index (χ1n) is 7.63. The molecular weight excluding hydrogens is 326 g/mol. The molecule has 6 heteroatoms. The fourth-order valence-electron chi connectivity index (χ4n) is 2.80. The van der Waals surface area contributed by atoms with Crippen LogP contribution in [0.15, 0.2) is 35.5 Å². The highest BCUT2D eigenvalue weighted by atomic mass is 32.2. The molecule has 4 rings (SSSR count). The van der Waals surface area contributed by atoms with Gasteiger partial charge in [-0.3, -0.25) is 0 Å². The molecular formula is C17H17N3OS2. The van der Waals surface area contributed by atoms with E-state index in [4.69, 9.17) is 15.5 Å². The van der Waals surface area contributed by atoms with Crippen LogP contribution in [0.2, 0.25) is 0 Å². The number of rotatable bonds is 4. The molecule has 118 valence electrons. The minimum atomic E-state index is 0.608. The van der Waals surface area contributed by atoms with Gasteiger partial charge in [0.25, 0.3) is 0 Å². The fourth-order valence-corrected chi connectivity index (χ4v) is 4.86. The summed E-state index contributed by atoms with van der Waals surface area (Å²) in [5, 5.41) is 1.81. The molecule has 3 heterocycles. The highest BCUT2D eigenvalue weighted by molar-refractivity contribution is 7.99. The molecule has 0 saturated carbocycles. The van der Waals surface area contributed by atoms with Crippen LogP contribution in [0, 0.1) is 0 Å². The molecule has 0 spiro atoms. The van der Waals surface area contributed by atoms with Gasteiger partial charge >= 0.3 is 0 Å². The maximum atomic E-state index is 6.21. The summed E-state index contributed by atoms with van der Waals surface area (Å²) in [4.78, 5) is 11.5. The number of hydrogen-bond acceptors (Lipinski definition) is 6. The number of anilines is 1. The van der Waals surface area contributed by atoms with Crippen molar-refractivity contribution in [1.82, 2.24) is 9.97 Å². The zero-order chi connectivity index (χ0) is 15.6. The van der Waals surface area contributed by atoms with Crippen LogP contribution in [0.25, 0.3) is 10.2 Å². The number of hydrogen-bond donors (Lipinski definition) is 1. The van der Waals surface area contributed by atoms with Gasteiger partial charge in [-0.1, -0.05) is 42.1 Å². The van der Waals surface area contributed by atoms with Crippen LogP contribution >= 0.6 is 23.1 Å². The molecule has 0 amide bonds. The van der Waals surface area contributed by atoms with Crippen molar-refractivity contribution in [3.8, 4) is 0 Å². The van der Waals surface area contributed by atoms with E-state index in [0.717, 1.165) is 40.6 Å². The first-order chi connectivity index (χ1) is 11.3. The van der Waals surface area contributed by atoms with Gasteiger partial charge in [0.2, 0.25) is 0 Å². The number of nitrogens with two attached hydrogens (primary N) is 1. The molecule has 0 atom stereocenters. The zero-order valence-electron chi connectivity index (χ0n) is 12.6. The lowest BCUT2D eigenvalue weighted by molar-refractivity contribution is 0.114. The van der Waals surface area contributed by atoms with Crippen molar-refractivity contribution >= 4 is 39.1 Å². The second-order valence-corrected chi connectivity index (χ2v) is 7.61. The molecule has 0 unspecified atom stereocenters. The number of thiophene rings is 1. The minimum Gasteiger partial charge on any atom is -0.383 e. The molecule has 2 aromatic heterocycles. The maximum Gasteiger partial charge on any atom is 0.190 e. The normalized spacial score (nSPS) is 14.1. The van der Waals surface area contributed by atoms with E-state index in [0.29, 0.717) is 12.4 Å². The Morgan fingerprint density at radius 1 is 1.22 bits per heavy atom. The summed E-state index contributed by atoms with van der Waals surface area (Å²) in [6.45, 7) is 1.43. The van der Waals surface area contributed by atoms with E-state index < -0.39 is 0 Å². The molecule has 1 aliphatic rings. The van der Waals surface area contributed by atoms with Gasteiger partial charge in [0.15, 0.2) is 5.16 Å². The first kappa shape index (κ1) is 14.9. The van der Waals surface area contributed by atoms with Crippen molar-refractivity contribution in [3.05, 3.63) is 46.3 Å². The number of nitrogens with zero attached hydrogens (tertiary/aromatic N) is 2. The van der Waals surface area contributed by atoms with Crippen LogP contribution in [-0.4, -0.2) is 22.3 Å². The average Bonchev–Trinajstić information content (AvgIpc) is 2.94. The number of aromatic nitrogens is 2.